The molecule has 0 unspecified atom stereocenters. The summed E-state index contributed by atoms with van der Waals surface area (Å²) in [5.41, 5.74) is 2.47. The molecule has 7 nitrogen and oxygen atoms in total. The first kappa shape index (κ1) is 17.7. The largest absolute Gasteiger partial charge is 0.486 e. The van der Waals surface area contributed by atoms with E-state index in [1.54, 1.807) is 6.20 Å². The lowest BCUT2D eigenvalue weighted by atomic mass is 9.97. The van der Waals surface area contributed by atoms with E-state index >= 15 is 0 Å². The van der Waals surface area contributed by atoms with Gasteiger partial charge in [0.1, 0.15) is 19.0 Å². The zero-order valence-corrected chi connectivity index (χ0v) is 16.0. The lowest BCUT2D eigenvalue weighted by Crippen LogP contribution is -2.41. The van der Waals surface area contributed by atoms with Gasteiger partial charge in [-0.25, -0.2) is 4.98 Å². The molecule has 2 aliphatic rings. The Morgan fingerprint density at radius 3 is 2.79 bits per heavy atom. The van der Waals surface area contributed by atoms with Crippen LogP contribution in [0, 0.1) is 5.92 Å². The predicted octanol–water partition coefficient (Wildman–Crippen LogP) is 3.26. The molecule has 2 aliphatic heterocycles. The number of ether oxygens (including phenoxy) is 2. The van der Waals surface area contributed by atoms with Crippen LogP contribution in [0.3, 0.4) is 0 Å². The highest BCUT2D eigenvalue weighted by atomic mass is 16.6. The van der Waals surface area contributed by atoms with Crippen molar-refractivity contribution in [2.24, 2.45) is 5.92 Å². The summed E-state index contributed by atoms with van der Waals surface area (Å²) in [6.07, 6.45) is 3.59. The van der Waals surface area contributed by atoms with Crippen LogP contribution in [-0.4, -0.2) is 42.2 Å². The zero-order valence-electron chi connectivity index (χ0n) is 16.0. The molecule has 5 rings (SSSR count). The summed E-state index contributed by atoms with van der Waals surface area (Å²) in [6.45, 7) is 2.58. The average molecular weight is 390 g/mol. The number of nitrogens with zero attached hydrogens (tertiary/aromatic N) is 3. The minimum atomic E-state index is -0.106. The fraction of sp³-hybridized carbons (Fsp3) is 0.318. The predicted molar refractivity (Wildman–Crippen MR) is 111 cm³/mol. The first-order valence-corrected chi connectivity index (χ1v) is 9.93. The lowest BCUT2D eigenvalue weighted by Gasteiger charge is -2.32. The number of fused-ring (bicyclic) bond motifs is 2. The van der Waals surface area contributed by atoms with Crippen molar-refractivity contribution in [1.82, 2.24) is 9.97 Å². The molecular weight excluding hydrogens is 368 g/mol. The second kappa shape index (κ2) is 7.58. The van der Waals surface area contributed by atoms with Crippen molar-refractivity contribution in [2.75, 3.05) is 36.5 Å². The molecule has 3 heterocycles. The first-order valence-electron chi connectivity index (χ1n) is 9.93. The van der Waals surface area contributed by atoms with Crippen molar-refractivity contribution in [3.8, 4) is 11.5 Å². The van der Waals surface area contributed by atoms with Gasteiger partial charge in [-0.05, 0) is 37.1 Å². The summed E-state index contributed by atoms with van der Waals surface area (Å²) in [6, 6.07) is 13.3. The number of aromatic nitrogens is 2. The molecular formula is C22H22N4O3. The van der Waals surface area contributed by atoms with Gasteiger partial charge in [0.2, 0.25) is 5.91 Å². The van der Waals surface area contributed by atoms with Crippen molar-refractivity contribution in [2.45, 2.75) is 12.8 Å². The molecule has 0 aliphatic carbocycles. The van der Waals surface area contributed by atoms with Gasteiger partial charge in [-0.3, -0.25) is 9.78 Å². The topological polar surface area (TPSA) is 76.6 Å². The molecule has 1 atom stereocenters. The Morgan fingerprint density at radius 1 is 1.07 bits per heavy atom. The van der Waals surface area contributed by atoms with E-state index in [1.807, 2.05) is 42.5 Å². The van der Waals surface area contributed by atoms with Crippen LogP contribution in [0.2, 0.25) is 0 Å². The molecule has 29 heavy (non-hydrogen) atoms. The molecule has 0 saturated carbocycles. The minimum absolute atomic E-state index is 0.0140. The number of para-hydroxylation sites is 2. The summed E-state index contributed by atoms with van der Waals surface area (Å²) in [5.74, 6) is 2.12. The maximum atomic E-state index is 12.9. The summed E-state index contributed by atoms with van der Waals surface area (Å²) >= 11 is 0. The van der Waals surface area contributed by atoms with E-state index in [1.165, 1.54) is 0 Å². The monoisotopic (exact) mass is 390 g/mol. The van der Waals surface area contributed by atoms with Crippen LogP contribution in [0.25, 0.3) is 11.0 Å². The second-order valence-electron chi connectivity index (χ2n) is 7.35. The standard InChI is InChI=1S/C22H22N4O3/c27-22(24-16-7-8-19-20(12-16)29-11-10-28-19)15-4-3-9-26(14-15)21-13-23-17-5-1-2-6-18(17)25-21/h1-2,5-8,12-13,15H,3-4,9-11,14H2,(H,24,27)/t15-/m1/s1. The minimum Gasteiger partial charge on any atom is -0.486 e. The second-order valence-corrected chi connectivity index (χ2v) is 7.35. The van der Waals surface area contributed by atoms with Crippen LogP contribution < -0.4 is 19.7 Å². The van der Waals surface area contributed by atoms with E-state index in [-0.39, 0.29) is 11.8 Å². The van der Waals surface area contributed by atoms with Gasteiger partial charge >= 0.3 is 0 Å². The summed E-state index contributed by atoms with van der Waals surface area (Å²) < 4.78 is 11.1. The fourth-order valence-corrected chi connectivity index (χ4v) is 3.86. The molecule has 148 valence electrons. The van der Waals surface area contributed by atoms with Crippen molar-refractivity contribution in [1.29, 1.82) is 0 Å². The third-order valence-corrected chi connectivity index (χ3v) is 5.36. The third kappa shape index (κ3) is 3.68. The summed E-state index contributed by atoms with van der Waals surface area (Å²) in [4.78, 5) is 24.3. The lowest BCUT2D eigenvalue weighted by molar-refractivity contribution is -0.120. The number of amides is 1. The Bertz CT molecular complexity index is 1060. The van der Waals surface area contributed by atoms with Crippen molar-refractivity contribution >= 4 is 28.4 Å². The molecule has 7 heteroatoms. The Hall–Kier alpha value is -3.35. The van der Waals surface area contributed by atoms with Crippen LogP contribution in [0.4, 0.5) is 11.5 Å². The van der Waals surface area contributed by atoms with Gasteiger partial charge in [0, 0.05) is 24.8 Å². The summed E-state index contributed by atoms with van der Waals surface area (Å²) in [7, 11) is 0. The van der Waals surface area contributed by atoms with E-state index in [2.05, 4.69) is 15.2 Å². The van der Waals surface area contributed by atoms with E-state index in [4.69, 9.17) is 14.5 Å². The number of anilines is 2. The first-order chi connectivity index (χ1) is 14.3. The molecule has 1 amide bonds. The number of carbonyl (C=O) groups is 1. The molecule has 1 N–H and O–H groups in total. The Morgan fingerprint density at radius 2 is 1.90 bits per heavy atom. The number of rotatable bonds is 3. The highest BCUT2D eigenvalue weighted by molar-refractivity contribution is 5.93. The number of nitrogens with one attached hydrogen (secondary N) is 1. The maximum absolute atomic E-state index is 12.9. The van der Waals surface area contributed by atoms with Gasteiger partial charge in [-0.2, -0.15) is 0 Å². The number of benzene rings is 2. The van der Waals surface area contributed by atoms with Gasteiger partial charge in [0.15, 0.2) is 11.5 Å². The van der Waals surface area contributed by atoms with Crippen molar-refractivity contribution < 1.29 is 14.3 Å². The van der Waals surface area contributed by atoms with E-state index in [9.17, 15) is 4.79 Å². The smallest absolute Gasteiger partial charge is 0.229 e. The van der Waals surface area contributed by atoms with Crippen LogP contribution in [0.5, 0.6) is 11.5 Å². The van der Waals surface area contributed by atoms with Crippen LogP contribution in [-0.2, 0) is 4.79 Å². The molecule has 3 aromatic rings. The van der Waals surface area contributed by atoms with Crippen LogP contribution in [0.1, 0.15) is 12.8 Å². The zero-order chi connectivity index (χ0) is 19.6. The molecule has 0 radical (unpaired) electrons. The van der Waals surface area contributed by atoms with Gasteiger partial charge in [0.25, 0.3) is 0 Å². The van der Waals surface area contributed by atoms with E-state index in [0.29, 0.717) is 31.3 Å². The SMILES string of the molecule is O=C(Nc1ccc2c(c1)OCCO2)[C@@H]1CCCN(c2cnc3ccccc3n2)C1. The molecule has 1 saturated heterocycles. The van der Waals surface area contributed by atoms with Gasteiger partial charge in [0.05, 0.1) is 23.1 Å². The van der Waals surface area contributed by atoms with Gasteiger partial charge in [-0.1, -0.05) is 12.1 Å². The summed E-state index contributed by atoms with van der Waals surface area (Å²) in [5, 5.41) is 3.03. The third-order valence-electron chi connectivity index (χ3n) is 5.36. The number of carbonyl (C=O) groups excluding carboxylic acids is 1. The van der Waals surface area contributed by atoms with E-state index in [0.717, 1.165) is 41.9 Å². The normalized spacial score (nSPS) is 18.5. The average Bonchev–Trinajstić information content (AvgIpc) is 2.79. The molecule has 1 aromatic heterocycles. The number of piperidine rings is 1. The Kier molecular flexibility index (Phi) is 4.63. The Labute approximate surface area is 168 Å². The highest BCUT2D eigenvalue weighted by Crippen LogP contribution is 2.33. The van der Waals surface area contributed by atoms with Crippen molar-refractivity contribution in [3.05, 3.63) is 48.7 Å². The molecule has 0 bridgehead atoms. The van der Waals surface area contributed by atoms with Crippen LogP contribution >= 0.6 is 0 Å². The molecule has 2 aromatic carbocycles. The number of hydrogen-bond donors (Lipinski definition) is 1. The van der Waals surface area contributed by atoms with Crippen LogP contribution in [0.15, 0.2) is 48.7 Å². The fourth-order valence-electron chi connectivity index (χ4n) is 3.86. The quantitative estimate of drug-likeness (QED) is 0.740. The number of hydrogen-bond acceptors (Lipinski definition) is 6. The maximum Gasteiger partial charge on any atom is 0.229 e. The highest BCUT2D eigenvalue weighted by Gasteiger charge is 2.27. The Balaban J connectivity index is 1.29. The molecule has 0 spiro atoms. The van der Waals surface area contributed by atoms with Gasteiger partial charge in [-0.15, -0.1) is 0 Å². The van der Waals surface area contributed by atoms with E-state index < -0.39 is 0 Å². The molecule has 1 fully saturated rings. The van der Waals surface area contributed by atoms with Crippen molar-refractivity contribution in [3.63, 3.8) is 0 Å². The van der Waals surface area contributed by atoms with Gasteiger partial charge < -0.3 is 19.7 Å².